The molecular formula is C27H21N. The van der Waals surface area contributed by atoms with E-state index < -0.39 is 0 Å². The second-order valence-corrected chi connectivity index (χ2v) is 7.59. The van der Waals surface area contributed by atoms with E-state index in [1.165, 1.54) is 39.0 Å². The Kier molecular flexibility index (Phi) is 3.57. The number of allylic oxidation sites excluding steroid dienone is 4. The van der Waals surface area contributed by atoms with Crippen LogP contribution in [0, 0.1) is 12.3 Å². The third-order valence-electron chi connectivity index (χ3n) is 6.31. The van der Waals surface area contributed by atoms with Gasteiger partial charge in [-0.3, -0.25) is 0 Å². The Hall–Kier alpha value is -3.50. The predicted molar refractivity (Wildman–Crippen MR) is 118 cm³/mol. The first-order valence-electron chi connectivity index (χ1n) is 9.59. The zero-order valence-corrected chi connectivity index (χ0v) is 15.9. The Balaban J connectivity index is 1.93. The van der Waals surface area contributed by atoms with Gasteiger partial charge in [0.25, 0.3) is 0 Å². The van der Waals surface area contributed by atoms with Crippen molar-refractivity contribution < 1.29 is 0 Å². The Morgan fingerprint density at radius 3 is 2.14 bits per heavy atom. The maximum atomic E-state index is 6.51. The highest BCUT2D eigenvalue weighted by Gasteiger charge is 2.48. The Bertz CT molecular complexity index is 1170. The molecule has 28 heavy (non-hydrogen) atoms. The van der Waals surface area contributed by atoms with Crippen LogP contribution in [0.5, 0.6) is 0 Å². The molecule has 5 rings (SSSR count). The summed E-state index contributed by atoms with van der Waals surface area (Å²) in [5.74, 6) is 2.65. The smallest absolute Gasteiger partial charge is 0.0510 e. The summed E-state index contributed by atoms with van der Waals surface area (Å²) in [6, 6.07) is 23.9. The maximum absolute atomic E-state index is 6.51. The minimum Gasteiger partial charge on any atom is -0.398 e. The summed E-state index contributed by atoms with van der Waals surface area (Å²) in [5.41, 5.74) is 17.3. The number of nitrogen functional groups attached to an aromatic ring is 1. The fourth-order valence-electron chi connectivity index (χ4n) is 5.16. The molecule has 134 valence electrons. The van der Waals surface area contributed by atoms with Crippen molar-refractivity contribution in [1.82, 2.24) is 0 Å². The number of terminal acetylenes is 1. The van der Waals surface area contributed by atoms with Crippen molar-refractivity contribution in [2.45, 2.75) is 18.8 Å². The molecule has 2 N–H and O–H groups in total. The molecule has 0 unspecified atom stereocenters. The van der Waals surface area contributed by atoms with E-state index in [4.69, 9.17) is 12.2 Å². The third kappa shape index (κ3) is 2.03. The predicted octanol–water partition coefficient (Wildman–Crippen LogP) is 5.95. The molecular weight excluding hydrogens is 338 g/mol. The first kappa shape index (κ1) is 16.7. The van der Waals surface area contributed by atoms with Gasteiger partial charge in [0.1, 0.15) is 0 Å². The van der Waals surface area contributed by atoms with Crippen molar-refractivity contribution in [1.29, 1.82) is 0 Å². The molecule has 2 aliphatic carbocycles. The molecule has 0 radical (unpaired) electrons. The van der Waals surface area contributed by atoms with E-state index in [9.17, 15) is 0 Å². The van der Waals surface area contributed by atoms with Gasteiger partial charge in [-0.25, -0.2) is 0 Å². The number of nitrogens with two attached hydrogens (primary N) is 1. The topological polar surface area (TPSA) is 26.0 Å². The lowest BCUT2D eigenvalue weighted by Gasteiger charge is -2.39. The number of hydrogen-bond donors (Lipinski definition) is 1. The number of fused-ring (bicyclic) bond motifs is 7. The highest BCUT2D eigenvalue weighted by molar-refractivity contribution is 5.90. The van der Waals surface area contributed by atoms with Crippen molar-refractivity contribution in [3.63, 3.8) is 0 Å². The quantitative estimate of drug-likeness (QED) is 0.422. The summed E-state index contributed by atoms with van der Waals surface area (Å²) in [5, 5.41) is 0. The standard InChI is InChI=1S/C27H21N/c1-3-4-10-19-17-27(24-15-9-16-25(28)26(24)18(19)2)22-13-7-5-11-20(22)21-12-6-8-14-23(21)27/h1,4-16H,17,28H2,2H3/b10-4-. The van der Waals surface area contributed by atoms with Crippen LogP contribution >= 0.6 is 0 Å². The van der Waals surface area contributed by atoms with Gasteiger partial charge in [0.2, 0.25) is 0 Å². The Labute approximate surface area is 166 Å². The van der Waals surface area contributed by atoms with E-state index in [1.807, 2.05) is 6.07 Å². The van der Waals surface area contributed by atoms with Gasteiger partial charge in [-0.2, -0.15) is 0 Å². The second-order valence-electron chi connectivity index (χ2n) is 7.59. The molecule has 3 aromatic carbocycles. The lowest BCUT2D eigenvalue weighted by Crippen LogP contribution is -2.32. The molecule has 0 saturated carbocycles. The average Bonchev–Trinajstić information content (AvgIpc) is 3.01. The highest BCUT2D eigenvalue weighted by Crippen LogP contribution is 2.59. The fraction of sp³-hybridized carbons (Fsp3) is 0.111. The van der Waals surface area contributed by atoms with Crippen molar-refractivity contribution in [3.8, 4) is 23.5 Å². The maximum Gasteiger partial charge on any atom is 0.0510 e. The summed E-state index contributed by atoms with van der Waals surface area (Å²) >= 11 is 0. The molecule has 3 aromatic rings. The Morgan fingerprint density at radius 1 is 0.893 bits per heavy atom. The molecule has 1 spiro atoms. The van der Waals surface area contributed by atoms with Crippen molar-refractivity contribution in [3.05, 3.63) is 107 Å². The largest absolute Gasteiger partial charge is 0.398 e. The van der Waals surface area contributed by atoms with Gasteiger partial charge < -0.3 is 5.73 Å². The number of hydrogen-bond acceptors (Lipinski definition) is 1. The summed E-state index contributed by atoms with van der Waals surface area (Å²) in [6.45, 7) is 2.16. The average molecular weight is 359 g/mol. The van der Waals surface area contributed by atoms with Crippen LogP contribution in [0.3, 0.4) is 0 Å². The molecule has 1 heteroatoms. The van der Waals surface area contributed by atoms with Gasteiger partial charge in [-0.15, -0.1) is 6.42 Å². The zero-order chi connectivity index (χ0) is 19.3. The summed E-state index contributed by atoms with van der Waals surface area (Å²) in [6.07, 6.45) is 10.3. The van der Waals surface area contributed by atoms with Gasteiger partial charge in [0.15, 0.2) is 0 Å². The van der Waals surface area contributed by atoms with E-state index in [0.29, 0.717) is 0 Å². The molecule has 0 aliphatic heterocycles. The highest BCUT2D eigenvalue weighted by atomic mass is 14.6. The first-order chi connectivity index (χ1) is 13.7. The third-order valence-corrected chi connectivity index (χ3v) is 6.31. The number of anilines is 1. The van der Waals surface area contributed by atoms with Crippen LogP contribution in [-0.4, -0.2) is 0 Å². The molecule has 1 nitrogen and oxygen atoms in total. The SMILES string of the molecule is C#C/C=C\C1=C(C)c2c(N)cccc2C2(C1)c1ccccc1-c1ccccc12. The molecule has 0 bridgehead atoms. The van der Waals surface area contributed by atoms with Crippen LogP contribution in [0.4, 0.5) is 5.69 Å². The second kappa shape index (κ2) is 6.01. The van der Waals surface area contributed by atoms with Gasteiger partial charge in [0, 0.05) is 11.3 Å². The minimum atomic E-state index is -0.244. The van der Waals surface area contributed by atoms with E-state index in [1.54, 1.807) is 6.08 Å². The van der Waals surface area contributed by atoms with Crippen LogP contribution in [0.15, 0.2) is 84.5 Å². The van der Waals surface area contributed by atoms with Gasteiger partial charge >= 0.3 is 0 Å². The zero-order valence-electron chi connectivity index (χ0n) is 15.9. The molecule has 0 heterocycles. The van der Waals surface area contributed by atoms with Crippen LogP contribution in [0.25, 0.3) is 16.7 Å². The first-order valence-corrected chi connectivity index (χ1v) is 9.59. The van der Waals surface area contributed by atoms with Gasteiger partial charge in [0.05, 0.1) is 5.41 Å². The molecule has 2 aliphatic rings. The van der Waals surface area contributed by atoms with E-state index in [-0.39, 0.29) is 5.41 Å². The lowest BCUT2D eigenvalue weighted by atomic mass is 9.62. The van der Waals surface area contributed by atoms with Crippen LogP contribution < -0.4 is 5.73 Å². The van der Waals surface area contributed by atoms with Crippen molar-refractivity contribution in [2.75, 3.05) is 5.73 Å². The van der Waals surface area contributed by atoms with E-state index in [2.05, 4.69) is 79.6 Å². The molecule has 0 fully saturated rings. The van der Waals surface area contributed by atoms with Crippen molar-refractivity contribution in [2.24, 2.45) is 0 Å². The summed E-state index contributed by atoms with van der Waals surface area (Å²) in [7, 11) is 0. The van der Waals surface area contributed by atoms with Crippen LogP contribution in [0.1, 0.15) is 35.6 Å². The molecule has 0 aromatic heterocycles. The normalized spacial score (nSPS) is 16.0. The molecule has 0 amide bonds. The van der Waals surface area contributed by atoms with Crippen LogP contribution in [0.2, 0.25) is 0 Å². The van der Waals surface area contributed by atoms with Gasteiger partial charge in [-0.1, -0.05) is 72.7 Å². The Morgan fingerprint density at radius 2 is 1.50 bits per heavy atom. The monoisotopic (exact) mass is 359 g/mol. The fourth-order valence-corrected chi connectivity index (χ4v) is 5.16. The summed E-state index contributed by atoms with van der Waals surface area (Å²) < 4.78 is 0. The van der Waals surface area contributed by atoms with Crippen molar-refractivity contribution >= 4 is 11.3 Å². The van der Waals surface area contributed by atoms with Gasteiger partial charge in [-0.05, 0) is 64.5 Å². The number of benzene rings is 3. The van der Waals surface area contributed by atoms with E-state index in [0.717, 1.165) is 17.7 Å². The molecule has 0 saturated heterocycles. The summed E-state index contributed by atoms with van der Waals surface area (Å²) in [4.78, 5) is 0. The van der Waals surface area contributed by atoms with Crippen LogP contribution in [-0.2, 0) is 5.41 Å². The minimum absolute atomic E-state index is 0.244. The lowest BCUT2D eigenvalue weighted by molar-refractivity contribution is 0.622. The number of rotatable bonds is 1. The van der Waals surface area contributed by atoms with E-state index >= 15 is 0 Å². The molecule has 0 atom stereocenters.